The fourth-order valence-corrected chi connectivity index (χ4v) is 2.72. The van der Waals surface area contributed by atoms with Crippen molar-refractivity contribution in [1.29, 1.82) is 0 Å². The molecule has 1 aromatic carbocycles. The molecule has 6 nitrogen and oxygen atoms in total. The smallest absolute Gasteiger partial charge is 0.152 e. The SMILES string of the molecule is CCCNn1c(CCOCC)nc2c(N)nc3ccccc3c21. The third-order valence-corrected chi connectivity index (χ3v) is 3.78. The second kappa shape index (κ2) is 6.83. The van der Waals surface area contributed by atoms with Gasteiger partial charge in [0.05, 0.1) is 12.1 Å². The van der Waals surface area contributed by atoms with Crippen molar-refractivity contribution in [2.75, 3.05) is 30.9 Å². The number of nitrogens with one attached hydrogen (secondary N) is 1. The van der Waals surface area contributed by atoms with Gasteiger partial charge < -0.3 is 15.9 Å². The number of nitrogens with two attached hydrogens (primary N) is 1. The third-order valence-electron chi connectivity index (χ3n) is 3.78. The van der Waals surface area contributed by atoms with Crippen molar-refractivity contribution >= 4 is 27.8 Å². The highest BCUT2D eigenvalue weighted by molar-refractivity contribution is 6.06. The molecule has 0 aliphatic heterocycles. The number of benzene rings is 1. The first kappa shape index (κ1) is 15.6. The Hall–Kier alpha value is -2.34. The molecule has 122 valence electrons. The molecule has 2 aromatic heterocycles. The lowest BCUT2D eigenvalue weighted by Crippen LogP contribution is -2.19. The molecular formula is C17H23N5O. The van der Waals surface area contributed by atoms with Gasteiger partial charge in [0.15, 0.2) is 5.82 Å². The van der Waals surface area contributed by atoms with Crippen molar-refractivity contribution in [3.8, 4) is 0 Å². The number of imidazole rings is 1. The molecule has 6 heteroatoms. The number of fused-ring (bicyclic) bond motifs is 3. The Bertz CT molecular complexity index is 811. The standard InChI is InChI=1S/C17H23N5O/c1-3-10-19-22-14(9-11-23-4-2)21-15-16(22)12-7-5-6-8-13(12)20-17(15)18/h5-8,19H,3-4,9-11H2,1-2H3,(H2,18,20). The van der Waals surface area contributed by atoms with Gasteiger partial charge in [-0.3, -0.25) is 0 Å². The minimum atomic E-state index is 0.466. The van der Waals surface area contributed by atoms with Gasteiger partial charge in [-0.25, -0.2) is 14.6 Å². The summed E-state index contributed by atoms with van der Waals surface area (Å²) >= 11 is 0. The van der Waals surface area contributed by atoms with Crippen LogP contribution in [-0.4, -0.2) is 34.4 Å². The minimum absolute atomic E-state index is 0.466. The van der Waals surface area contributed by atoms with E-state index in [4.69, 9.17) is 15.5 Å². The van der Waals surface area contributed by atoms with Gasteiger partial charge in [-0.15, -0.1) is 0 Å². The van der Waals surface area contributed by atoms with Crippen LogP contribution in [0.3, 0.4) is 0 Å². The Labute approximate surface area is 135 Å². The summed E-state index contributed by atoms with van der Waals surface area (Å²) in [6, 6.07) is 8.01. The number of nitrogen functional groups attached to an aromatic ring is 1. The summed E-state index contributed by atoms with van der Waals surface area (Å²) in [6.07, 6.45) is 1.76. The van der Waals surface area contributed by atoms with Gasteiger partial charge in [-0.1, -0.05) is 25.1 Å². The molecule has 0 aliphatic rings. The fourth-order valence-electron chi connectivity index (χ4n) is 2.72. The van der Waals surface area contributed by atoms with Gasteiger partial charge in [-0.05, 0) is 19.4 Å². The number of pyridine rings is 1. The van der Waals surface area contributed by atoms with Crippen molar-refractivity contribution in [2.45, 2.75) is 26.7 Å². The molecule has 0 spiro atoms. The van der Waals surface area contributed by atoms with Gasteiger partial charge in [-0.2, -0.15) is 0 Å². The second-order valence-corrected chi connectivity index (χ2v) is 5.43. The normalized spacial score (nSPS) is 11.4. The van der Waals surface area contributed by atoms with Crippen molar-refractivity contribution in [1.82, 2.24) is 14.6 Å². The first-order chi connectivity index (χ1) is 11.3. The van der Waals surface area contributed by atoms with Crippen molar-refractivity contribution in [2.24, 2.45) is 0 Å². The number of ether oxygens (including phenoxy) is 1. The van der Waals surface area contributed by atoms with Crippen LogP contribution in [0.15, 0.2) is 24.3 Å². The van der Waals surface area contributed by atoms with E-state index >= 15 is 0 Å². The average molecular weight is 313 g/mol. The maximum atomic E-state index is 6.14. The van der Waals surface area contributed by atoms with Crippen LogP contribution in [0, 0.1) is 0 Å². The summed E-state index contributed by atoms with van der Waals surface area (Å²) in [6.45, 7) is 6.34. The predicted octanol–water partition coefficient (Wildman–Crippen LogP) is 2.70. The zero-order valence-corrected chi connectivity index (χ0v) is 13.7. The zero-order valence-electron chi connectivity index (χ0n) is 13.7. The molecule has 0 radical (unpaired) electrons. The maximum Gasteiger partial charge on any atom is 0.152 e. The lowest BCUT2D eigenvalue weighted by molar-refractivity contribution is 0.149. The lowest BCUT2D eigenvalue weighted by Gasteiger charge is -2.12. The van der Waals surface area contributed by atoms with E-state index in [0.717, 1.165) is 47.1 Å². The quantitative estimate of drug-likeness (QED) is 0.656. The average Bonchev–Trinajstić information content (AvgIpc) is 2.93. The molecule has 0 saturated carbocycles. The van der Waals surface area contributed by atoms with E-state index in [9.17, 15) is 0 Å². The summed E-state index contributed by atoms with van der Waals surface area (Å²) in [5, 5.41) is 1.05. The van der Waals surface area contributed by atoms with E-state index < -0.39 is 0 Å². The number of hydrogen-bond acceptors (Lipinski definition) is 5. The van der Waals surface area contributed by atoms with Crippen LogP contribution in [0.4, 0.5) is 5.82 Å². The van der Waals surface area contributed by atoms with E-state index in [1.54, 1.807) is 0 Å². The Morgan fingerprint density at radius 2 is 2.04 bits per heavy atom. The predicted molar refractivity (Wildman–Crippen MR) is 94.2 cm³/mol. The lowest BCUT2D eigenvalue weighted by atomic mass is 10.2. The van der Waals surface area contributed by atoms with Crippen molar-refractivity contribution in [3.05, 3.63) is 30.1 Å². The Kier molecular flexibility index (Phi) is 4.62. The van der Waals surface area contributed by atoms with E-state index in [2.05, 4.69) is 28.1 Å². The van der Waals surface area contributed by atoms with Crippen LogP contribution >= 0.6 is 0 Å². The monoisotopic (exact) mass is 313 g/mol. The molecule has 2 heterocycles. The van der Waals surface area contributed by atoms with Gasteiger partial charge >= 0.3 is 0 Å². The highest BCUT2D eigenvalue weighted by Crippen LogP contribution is 2.28. The number of nitrogens with zero attached hydrogens (tertiary/aromatic N) is 3. The van der Waals surface area contributed by atoms with E-state index in [1.807, 2.05) is 25.1 Å². The van der Waals surface area contributed by atoms with E-state index in [1.165, 1.54) is 0 Å². The molecule has 0 unspecified atom stereocenters. The fraction of sp³-hybridized carbons (Fsp3) is 0.412. The van der Waals surface area contributed by atoms with Crippen LogP contribution in [-0.2, 0) is 11.2 Å². The van der Waals surface area contributed by atoms with Crippen LogP contribution < -0.4 is 11.2 Å². The first-order valence-electron chi connectivity index (χ1n) is 8.13. The number of hydrogen-bond donors (Lipinski definition) is 2. The van der Waals surface area contributed by atoms with Crippen LogP contribution in [0.2, 0.25) is 0 Å². The Morgan fingerprint density at radius 1 is 1.22 bits per heavy atom. The second-order valence-electron chi connectivity index (χ2n) is 5.43. The van der Waals surface area contributed by atoms with Crippen LogP contribution in [0.5, 0.6) is 0 Å². The Morgan fingerprint density at radius 3 is 2.83 bits per heavy atom. The summed E-state index contributed by atoms with van der Waals surface area (Å²) < 4.78 is 7.54. The van der Waals surface area contributed by atoms with E-state index in [-0.39, 0.29) is 0 Å². The summed E-state index contributed by atoms with van der Waals surface area (Å²) in [5.41, 5.74) is 12.2. The highest BCUT2D eigenvalue weighted by atomic mass is 16.5. The van der Waals surface area contributed by atoms with Gasteiger partial charge in [0.1, 0.15) is 16.9 Å². The third kappa shape index (κ3) is 2.94. The van der Waals surface area contributed by atoms with Crippen molar-refractivity contribution in [3.63, 3.8) is 0 Å². The summed E-state index contributed by atoms with van der Waals surface area (Å²) in [7, 11) is 0. The van der Waals surface area contributed by atoms with Gasteiger partial charge in [0.25, 0.3) is 0 Å². The number of anilines is 1. The van der Waals surface area contributed by atoms with Crippen LogP contribution in [0.1, 0.15) is 26.1 Å². The summed E-state index contributed by atoms with van der Waals surface area (Å²) in [4.78, 5) is 9.20. The molecule has 0 aliphatic carbocycles. The van der Waals surface area contributed by atoms with Gasteiger partial charge in [0.2, 0.25) is 0 Å². The number of rotatable bonds is 7. The molecule has 3 N–H and O–H groups in total. The minimum Gasteiger partial charge on any atom is -0.382 e. The zero-order chi connectivity index (χ0) is 16.2. The van der Waals surface area contributed by atoms with Crippen LogP contribution in [0.25, 0.3) is 21.9 Å². The molecule has 0 fully saturated rings. The summed E-state index contributed by atoms with van der Waals surface area (Å²) in [5.74, 6) is 1.39. The van der Waals surface area contributed by atoms with Crippen molar-refractivity contribution < 1.29 is 4.74 Å². The molecule has 0 atom stereocenters. The Balaban J connectivity index is 2.18. The molecule has 3 rings (SSSR count). The maximum absolute atomic E-state index is 6.14. The largest absolute Gasteiger partial charge is 0.382 e. The molecule has 0 amide bonds. The molecule has 3 aromatic rings. The topological polar surface area (TPSA) is 78.0 Å². The van der Waals surface area contributed by atoms with E-state index in [0.29, 0.717) is 19.0 Å². The molecule has 0 bridgehead atoms. The first-order valence-corrected chi connectivity index (χ1v) is 8.13. The van der Waals surface area contributed by atoms with Gasteiger partial charge in [0, 0.05) is 25.0 Å². The molecular weight excluding hydrogens is 290 g/mol. The highest BCUT2D eigenvalue weighted by Gasteiger charge is 2.16. The number of para-hydroxylation sites is 1. The molecule has 0 saturated heterocycles. The number of aromatic nitrogens is 3. The molecule has 23 heavy (non-hydrogen) atoms.